The molecule has 2 aliphatic heterocycles. The smallest absolute Gasteiger partial charge is 0.255 e. The highest BCUT2D eigenvalue weighted by atomic mass is 16.5. The fraction of sp³-hybridized carbons (Fsp3) is 0.350. The van der Waals surface area contributed by atoms with Gasteiger partial charge in [-0.05, 0) is 6.42 Å². The first-order chi connectivity index (χ1) is 14.2. The van der Waals surface area contributed by atoms with E-state index in [1.54, 1.807) is 18.1 Å². The number of hydrogen-bond donors (Lipinski definition) is 1. The second-order valence-electron chi connectivity index (χ2n) is 7.24. The van der Waals surface area contributed by atoms with E-state index in [1.807, 2.05) is 37.3 Å². The van der Waals surface area contributed by atoms with E-state index in [2.05, 4.69) is 25.3 Å². The molecule has 0 unspecified atom stereocenters. The van der Waals surface area contributed by atoms with Crippen LogP contribution < -0.4 is 9.80 Å². The van der Waals surface area contributed by atoms with Gasteiger partial charge in [0.15, 0.2) is 17.3 Å². The Morgan fingerprint density at radius 2 is 2.00 bits per heavy atom. The van der Waals surface area contributed by atoms with Crippen molar-refractivity contribution in [2.45, 2.75) is 18.9 Å². The number of anilines is 2. The van der Waals surface area contributed by atoms with Crippen LogP contribution in [0.2, 0.25) is 0 Å². The lowest BCUT2D eigenvalue weighted by molar-refractivity contribution is -0.128. The van der Waals surface area contributed by atoms with Crippen LogP contribution in [-0.2, 0) is 9.53 Å². The van der Waals surface area contributed by atoms with Crippen LogP contribution in [0.3, 0.4) is 0 Å². The molecule has 4 heterocycles. The number of likely N-dealkylation sites (N-methyl/N-ethyl adjacent to an activating group) is 1. The molecule has 1 amide bonds. The van der Waals surface area contributed by atoms with Crippen molar-refractivity contribution < 1.29 is 9.53 Å². The average Bonchev–Trinajstić information content (AvgIpc) is 3.27. The number of nitrogens with zero attached hydrogens (tertiary/aromatic N) is 6. The maximum atomic E-state index is 13.1. The highest BCUT2D eigenvalue weighted by Crippen LogP contribution is 2.42. The van der Waals surface area contributed by atoms with Crippen LogP contribution in [0.25, 0.3) is 22.8 Å². The van der Waals surface area contributed by atoms with Crippen molar-refractivity contribution in [2.24, 2.45) is 0 Å². The van der Waals surface area contributed by atoms with Crippen LogP contribution in [0.15, 0.2) is 36.5 Å². The van der Waals surface area contributed by atoms with Gasteiger partial charge in [-0.25, -0.2) is 9.97 Å². The summed E-state index contributed by atoms with van der Waals surface area (Å²) in [6.07, 6.45) is 2.32. The van der Waals surface area contributed by atoms with E-state index in [-0.39, 0.29) is 5.91 Å². The van der Waals surface area contributed by atoms with Crippen LogP contribution in [-0.4, -0.2) is 63.6 Å². The number of morpholine rings is 1. The number of H-pyrrole nitrogens is 1. The summed E-state index contributed by atoms with van der Waals surface area (Å²) < 4.78 is 5.69. The number of aromatic nitrogens is 5. The summed E-state index contributed by atoms with van der Waals surface area (Å²) in [6, 6.07) is 9.79. The van der Waals surface area contributed by atoms with Gasteiger partial charge in [0.25, 0.3) is 5.91 Å². The number of benzene rings is 1. The predicted octanol–water partition coefficient (Wildman–Crippen LogP) is 1.89. The first-order valence-corrected chi connectivity index (χ1v) is 9.63. The molecule has 3 aromatic rings. The molecule has 29 heavy (non-hydrogen) atoms. The number of carbonyl (C=O) groups excluding carboxylic acids is 1. The number of carbonyl (C=O) groups is 1. The molecule has 1 aromatic carbocycles. The molecule has 1 atom stereocenters. The number of amides is 1. The van der Waals surface area contributed by atoms with Crippen molar-refractivity contribution in [1.29, 1.82) is 0 Å². The highest BCUT2D eigenvalue weighted by Gasteiger charge is 2.52. The van der Waals surface area contributed by atoms with Gasteiger partial charge in [-0.2, -0.15) is 15.4 Å². The fourth-order valence-corrected chi connectivity index (χ4v) is 4.14. The third kappa shape index (κ3) is 2.54. The van der Waals surface area contributed by atoms with Crippen LogP contribution in [0.5, 0.6) is 0 Å². The Hall–Kier alpha value is -3.33. The summed E-state index contributed by atoms with van der Waals surface area (Å²) in [6.45, 7) is 3.51. The van der Waals surface area contributed by atoms with E-state index in [4.69, 9.17) is 9.72 Å². The quantitative estimate of drug-likeness (QED) is 0.728. The molecule has 1 saturated heterocycles. The van der Waals surface area contributed by atoms with Crippen molar-refractivity contribution in [1.82, 2.24) is 25.4 Å². The summed E-state index contributed by atoms with van der Waals surface area (Å²) in [4.78, 5) is 26.2. The number of aromatic amines is 1. The minimum atomic E-state index is -0.738. The number of hydrogen-bond acceptors (Lipinski definition) is 7. The van der Waals surface area contributed by atoms with Crippen molar-refractivity contribution in [2.75, 3.05) is 36.6 Å². The van der Waals surface area contributed by atoms with Gasteiger partial charge in [-0.1, -0.05) is 37.3 Å². The van der Waals surface area contributed by atoms with Gasteiger partial charge in [0.1, 0.15) is 16.9 Å². The number of fused-ring (bicyclic) bond motifs is 3. The molecule has 1 N–H and O–H groups in total. The molecule has 9 heteroatoms. The van der Waals surface area contributed by atoms with Crippen molar-refractivity contribution in [3.63, 3.8) is 0 Å². The summed E-state index contributed by atoms with van der Waals surface area (Å²) in [5, 5.41) is 11.3. The third-order valence-corrected chi connectivity index (χ3v) is 5.78. The minimum Gasteiger partial charge on any atom is -0.377 e. The van der Waals surface area contributed by atoms with E-state index in [0.717, 1.165) is 11.4 Å². The average molecular weight is 391 g/mol. The van der Waals surface area contributed by atoms with Crippen molar-refractivity contribution >= 4 is 17.4 Å². The minimum absolute atomic E-state index is 0.00922. The molecular weight excluding hydrogens is 370 g/mol. The highest BCUT2D eigenvalue weighted by molar-refractivity contribution is 6.07. The van der Waals surface area contributed by atoms with Gasteiger partial charge in [-0.3, -0.25) is 4.79 Å². The topological polar surface area (TPSA) is 100 Å². The Morgan fingerprint density at radius 1 is 1.21 bits per heavy atom. The molecule has 2 aliphatic rings. The maximum absolute atomic E-state index is 13.1. The predicted molar refractivity (Wildman–Crippen MR) is 107 cm³/mol. The molecule has 148 valence electrons. The second-order valence-corrected chi connectivity index (χ2v) is 7.24. The number of ether oxygens (including phenoxy) is 1. The molecular formula is C20H21N7O2. The van der Waals surface area contributed by atoms with Crippen LogP contribution in [0.1, 0.15) is 13.3 Å². The Balaban J connectivity index is 1.65. The van der Waals surface area contributed by atoms with Crippen LogP contribution in [0, 0.1) is 0 Å². The van der Waals surface area contributed by atoms with Gasteiger partial charge in [-0.15, -0.1) is 0 Å². The van der Waals surface area contributed by atoms with Gasteiger partial charge in [0.05, 0.1) is 19.4 Å². The van der Waals surface area contributed by atoms with Gasteiger partial charge >= 0.3 is 0 Å². The zero-order valence-electron chi connectivity index (χ0n) is 16.3. The lowest BCUT2D eigenvalue weighted by atomic mass is 9.89. The normalized spacial score (nSPS) is 21.1. The SMILES string of the molecule is CC[C@@]12COCCN1c1nc(-c3n[nH]nc3-c3ccccc3)ncc1N(C)C2=O. The molecule has 0 spiro atoms. The van der Waals surface area contributed by atoms with E-state index < -0.39 is 5.54 Å². The van der Waals surface area contributed by atoms with Crippen LogP contribution >= 0.6 is 0 Å². The van der Waals surface area contributed by atoms with E-state index >= 15 is 0 Å². The zero-order chi connectivity index (χ0) is 20.0. The number of nitrogens with one attached hydrogen (secondary N) is 1. The fourth-order valence-electron chi connectivity index (χ4n) is 4.14. The zero-order valence-corrected chi connectivity index (χ0v) is 16.3. The summed E-state index contributed by atoms with van der Waals surface area (Å²) in [5.74, 6) is 1.20. The largest absolute Gasteiger partial charge is 0.377 e. The Morgan fingerprint density at radius 3 is 2.79 bits per heavy atom. The molecule has 9 nitrogen and oxygen atoms in total. The van der Waals surface area contributed by atoms with Gasteiger partial charge < -0.3 is 14.5 Å². The molecule has 0 aliphatic carbocycles. The van der Waals surface area contributed by atoms with E-state index in [9.17, 15) is 4.79 Å². The molecule has 5 rings (SSSR count). The Kier molecular flexibility index (Phi) is 4.06. The van der Waals surface area contributed by atoms with Crippen molar-refractivity contribution in [3.05, 3.63) is 36.5 Å². The molecule has 2 aromatic heterocycles. The van der Waals surface area contributed by atoms with Crippen LogP contribution in [0.4, 0.5) is 11.5 Å². The van der Waals surface area contributed by atoms with Gasteiger partial charge in [0, 0.05) is 19.2 Å². The summed E-state index contributed by atoms with van der Waals surface area (Å²) in [7, 11) is 1.76. The van der Waals surface area contributed by atoms with Gasteiger partial charge in [0.2, 0.25) is 0 Å². The summed E-state index contributed by atoms with van der Waals surface area (Å²) >= 11 is 0. The first kappa shape index (κ1) is 17.7. The van der Waals surface area contributed by atoms with E-state index in [0.29, 0.717) is 49.1 Å². The maximum Gasteiger partial charge on any atom is 0.255 e. The standard InChI is InChI=1S/C20H21N7O2/c1-3-20-12-29-10-9-27(20)18-14(26(2)19(20)28)11-21-17(22-18)16-15(23-25-24-16)13-7-5-4-6-8-13/h4-8,11H,3,9-10,12H2,1-2H3,(H,23,24,25)/t20-/m0/s1. The first-order valence-electron chi connectivity index (χ1n) is 9.63. The lowest BCUT2D eigenvalue weighted by Crippen LogP contribution is -2.68. The monoisotopic (exact) mass is 391 g/mol. The Labute approximate surface area is 167 Å². The molecule has 0 saturated carbocycles. The third-order valence-electron chi connectivity index (χ3n) is 5.78. The van der Waals surface area contributed by atoms with Crippen molar-refractivity contribution in [3.8, 4) is 22.8 Å². The molecule has 1 fully saturated rings. The van der Waals surface area contributed by atoms with E-state index in [1.165, 1.54) is 0 Å². The second kappa shape index (κ2) is 6.63. The molecule has 0 radical (unpaired) electrons. The lowest BCUT2D eigenvalue weighted by Gasteiger charge is -2.51. The Bertz CT molecular complexity index is 1070. The molecule has 0 bridgehead atoms. The summed E-state index contributed by atoms with van der Waals surface area (Å²) in [5.41, 5.74) is 2.15. The number of rotatable bonds is 3.